The molecule has 0 saturated carbocycles. The topological polar surface area (TPSA) is 0 Å². The van der Waals surface area contributed by atoms with Crippen molar-refractivity contribution in [3.63, 3.8) is 0 Å². The van der Waals surface area contributed by atoms with Gasteiger partial charge in [-0.05, 0) is 25.5 Å². The Morgan fingerprint density at radius 2 is 1.50 bits per heavy atom. The Hall–Kier alpha value is -0.660. The van der Waals surface area contributed by atoms with E-state index in [1.807, 2.05) is 13.8 Å². The standard InChI is InChI=1S/C10H14F2/c1-7-8(2)10(11,12)6-5-9(7,3)4/h5-6H,1-4H3. The second-order valence-corrected chi connectivity index (χ2v) is 3.93. The SMILES string of the molecule is CC1=C(C)C(F)(F)C=CC1(C)C. The number of halogens is 2. The summed E-state index contributed by atoms with van der Waals surface area (Å²) in [6.07, 6.45) is 2.57. The molecule has 0 fully saturated rings. The molecule has 12 heavy (non-hydrogen) atoms. The van der Waals surface area contributed by atoms with Crippen LogP contribution >= 0.6 is 0 Å². The average molecular weight is 172 g/mol. The molecule has 1 rings (SSSR count). The van der Waals surface area contributed by atoms with Crippen molar-refractivity contribution in [2.24, 2.45) is 5.41 Å². The van der Waals surface area contributed by atoms with Gasteiger partial charge in [-0.15, -0.1) is 0 Å². The van der Waals surface area contributed by atoms with Crippen LogP contribution in [-0.4, -0.2) is 5.92 Å². The zero-order valence-corrected chi connectivity index (χ0v) is 7.91. The van der Waals surface area contributed by atoms with E-state index in [0.717, 1.165) is 11.6 Å². The lowest BCUT2D eigenvalue weighted by molar-refractivity contribution is 0.0896. The largest absolute Gasteiger partial charge is 0.287 e. The maximum Gasteiger partial charge on any atom is 0.287 e. The van der Waals surface area contributed by atoms with Crippen molar-refractivity contribution in [2.75, 3.05) is 0 Å². The van der Waals surface area contributed by atoms with E-state index >= 15 is 0 Å². The summed E-state index contributed by atoms with van der Waals surface area (Å²) in [5.74, 6) is -2.74. The van der Waals surface area contributed by atoms with Crippen LogP contribution in [0.2, 0.25) is 0 Å². The molecule has 0 aromatic carbocycles. The van der Waals surface area contributed by atoms with Crippen LogP contribution in [0.3, 0.4) is 0 Å². The minimum absolute atomic E-state index is 0.190. The highest BCUT2D eigenvalue weighted by Crippen LogP contribution is 2.41. The first-order valence-electron chi connectivity index (χ1n) is 4.04. The first kappa shape index (κ1) is 9.43. The third-order valence-electron chi connectivity index (χ3n) is 2.74. The van der Waals surface area contributed by atoms with Gasteiger partial charge in [0, 0.05) is 5.41 Å². The minimum Gasteiger partial charge on any atom is -0.197 e. The van der Waals surface area contributed by atoms with Crippen molar-refractivity contribution in [3.8, 4) is 0 Å². The van der Waals surface area contributed by atoms with Crippen LogP contribution in [0.4, 0.5) is 8.78 Å². The van der Waals surface area contributed by atoms with E-state index < -0.39 is 5.92 Å². The normalized spacial score (nSPS) is 26.2. The number of allylic oxidation sites excluding steroid dienone is 4. The molecule has 0 unspecified atom stereocenters. The Balaban J connectivity index is 3.18. The van der Waals surface area contributed by atoms with Crippen molar-refractivity contribution in [1.29, 1.82) is 0 Å². The predicted molar refractivity (Wildman–Crippen MR) is 46.2 cm³/mol. The molecule has 0 aromatic rings. The number of alkyl halides is 2. The highest BCUT2D eigenvalue weighted by molar-refractivity contribution is 5.35. The van der Waals surface area contributed by atoms with Crippen LogP contribution in [0.25, 0.3) is 0 Å². The number of hydrogen-bond acceptors (Lipinski definition) is 0. The van der Waals surface area contributed by atoms with Crippen LogP contribution in [0.5, 0.6) is 0 Å². The van der Waals surface area contributed by atoms with E-state index in [4.69, 9.17) is 0 Å². The molecule has 0 heterocycles. The van der Waals surface area contributed by atoms with Crippen molar-refractivity contribution in [2.45, 2.75) is 33.6 Å². The van der Waals surface area contributed by atoms with Gasteiger partial charge < -0.3 is 0 Å². The Kier molecular flexibility index (Phi) is 1.89. The summed E-state index contributed by atoms with van der Waals surface area (Å²) in [6.45, 7) is 7.16. The first-order valence-corrected chi connectivity index (χ1v) is 4.04. The minimum atomic E-state index is -2.74. The highest BCUT2D eigenvalue weighted by Gasteiger charge is 2.36. The highest BCUT2D eigenvalue weighted by atomic mass is 19.3. The summed E-state index contributed by atoms with van der Waals surface area (Å²) >= 11 is 0. The van der Waals surface area contributed by atoms with Crippen molar-refractivity contribution in [3.05, 3.63) is 23.3 Å². The fourth-order valence-corrected chi connectivity index (χ4v) is 1.30. The van der Waals surface area contributed by atoms with Gasteiger partial charge in [-0.25, -0.2) is 0 Å². The number of rotatable bonds is 0. The molecule has 0 aliphatic heterocycles. The predicted octanol–water partition coefficient (Wildman–Crippen LogP) is 3.55. The third-order valence-corrected chi connectivity index (χ3v) is 2.74. The lowest BCUT2D eigenvalue weighted by Crippen LogP contribution is -2.26. The monoisotopic (exact) mass is 172 g/mol. The van der Waals surface area contributed by atoms with Crippen molar-refractivity contribution in [1.82, 2.24) is 0 Å². The van der Waals surface area contributed by atoms with Crippen molar-refractivity contribution >= 4 is 0 Å². The fraction of sp³-hybridized carbons (Fsp3) is 0.600. The van der Waals surface area contributed by atoms with Crippen LogP contribution < -0.4 is 0 Å². The second kappa shape index (κ2) is 2.41. The lowest BCUT2D eigenvalue weighted by atomic mass is 9.77. The molecule has 0 bridgehead atoms. The second-order valence-electron chi connectivity index (χ2n) is 3.93. The lowest BCUT2D eigenvalue weighted by Gasteiger charge is -2.31. The van der Waals surface area contributed by atoms with E-state index in [1.54, 1.807) is 13.0 Å². The van der Waals surface area contributed by atoms with E-state index in [1.165, 1.54) is 6.92 Å². The molecule has 0 N–H and O–H groups in total. The fourth-order valence-electron chi connectivity index (χ4n) is 1.30. The van der Waals surface area contributed by atoms with E-state index in [2.05, 4.69) is 0 Å². The summed E-state index contributed by atoms with van der Waals surface area (Å²) in [4.78, 5) is 0. The first-order chi connectivity index (χ1) is 5.27. The Morgan fingerprint density at radius 1 is 1.00 bits per heavy atom. The van der Waals surface area contributed by atoms with E-state index in [9.17, 15) is 8.78 Å². The third kappa shape index (κ3) is 1.30. The summed E-state index contributed by atoms with van der Waals surface area (Å²) in [5, 5.41) is 0. The maximum atomic E-state index is 13.0. The van der Waals surface area contributed by atoms with Gasteiger partial charge in [-0.1, -0.05) is 25.5 Å². The maximum absolute atomic E-state index is 13.0. The van der Waals surface area contributed by atoms with Crippen LogP contribution in [0.15, 0.2) is 23.3 Å². The summed E-state index contributed by atoms with van der Waals surface area (Å²) in [7, 11) is 0. The van der Waals surface area contributed by atoms with E-state index in [0.29, 0.717) is 0 Å². The van der Waals surface area contributed by atoms with Gasteiger partial charge in [0.2, 0.25) is 0 Å². The van der Waals surface area contributed by atoms with Crippen LogP contribution in [-0.2, 0) is 0 Å². The molecule has 1 aliphatic rings. The summed E-state index contributed by atoms with van der Waals surface area (Å²) < 4.78 is 26.1. The Labute approximate surface area is 72.0 Å². The van der Waals surface area contributed by atoms with Gasteiger partial charge in [-0.3, -0.25) is 0 Å². The Bertz CT molecular complexity index is 231. The molecule has 0 saturated heterocycles. The van der Waals surface area contributed by atoms with Crippen LogP contribution in [0.1, 0.15) is 27.7 Å². The molecule has 2 heteroatoms. The molecule has 0 atom stereocenters. The molecule has 0 amide bonds. The van der Waals surface area contributed by atoms with Gasteiger partial charge in [-0.2, -0.15) is 8.78 Å². The zero-order chi connectivity index (χ0) is 9.57. The van der Waals surface area contributed by atoms with Gasteiger partial charge in [0.15, 0.2) is 0 Å². The molecular formula is C10H14F2. The average Bonchev–Trinajstić information content (AvgIpc) is 1.96. The summed E-state index contributed by atoms with van der Waals surface area (Å²) in [6, 6.07) is 0. The quantitative estimate of drug-likeness (QED) is 0.490. The molecular weight excluding hydrogens is 158 g/mol. The molecule has 0 radical (unpaired) electrons. The smallest absolute Gasteiger partial charge is 0.197 e. The zero-order valence-electron chi connectivity index (χ0n) is 7.91. The van der Waals surface area contributed by atoms with E-state index in [-0.39, 0.29) is 11.0 Å². The van der Waals surface area contributed by atoms with Crippen molar-refractivity contribution < 1.29 is 8.78 Å². The van der Waals surface area contributed by atoms with Gasteiger partial charge >= 0.3 is 0 Å². The molecule has 0 aromatic heterocycles. The molecule has 1 aliphatic carbocycles. The molecule has 0 spiro atoms. The molecule has 0 nitrogen and oxygen atoms in total. The van der Waals surface area contributed by atoms with Gasteiger partial charge in [0.05, 0.1) is 0 Å². The summed E-state index contributed by atoms with van der Waals surface area (Å²) in [5.41, 5.74) is 0.746. The van der Waals surface area contributed by atoms with Gasteiger partial charge in [0.25, 0.3) is 5.92 Å². The van der Waals surface area contributed by atoms with Crippen LogP contribution in [0, 0.1) is 5.41 Å². The molecule has 68 valence electrons. The number of hydrogen-bond donors (Lipinski definition) is 0. The Morgan fingerprint density at radius 3 is 1.92 bits per heavy atom. The van der Waals surface area contributed by atoms with Gasteiger partial charge in [0.1, 0.15) is 0 Å².